The van der Waals surface area contributed by atoms with Crippen LogP contribution in [0.3, 0.4) is 0 Å². The van der Waals surface area contributed by atoms with E-state index in [1.165, 1.54) is 5.56 Å². The molecule has 74 valence electrons. The molecule has 3 N–H and O–H groups in total. The second kappa shape index (κ2) is 3.80. The van der Waals surface area contributed by atoms with Crippen molar-refractivity contribution in [3.05, 3.63) is 35.4 Å². The monoisotopic (exact) mass is 190 g/mol. The third-order valence-corrected chi connectivity index (χ3v) is 2.66. The van der Waals surface area contributed by atoms with Gasteiger partial charge in [-0.1, -0.05) is 24.3 Å². The maximum atomic E-state index is 11.0. The average Bonchev–Trinajstić information content (AvgIpc) is 2.65. The number of carbonyl (C=O) groups is 1. The van der Waals surface area contributed by atoms with Crippen molar-refractivity contribution < 1.29 is 4.79 Å². The number of benzene rings is 1. The zero-order valence-corrected chi connectivity index (χ0v) is 7.99. The molecule has 1 amide bonds. The number of nitrogens with one attached hydrogen (secondary N) is 1. The average molecular weight is 190 g/mol. The predicted octanol–water partition coefficient (Wildman–Crippen LogP) is 0.749. The Morgan fingerprint density at radius 1 is 1.36 bits per heavy atom. The standard InChI is InChI=1S/C11H14N2O/c12-6-8-1-3-9(4-2-8)10-5-11(14)13-7-10/h1-4,10H,5-7,12H2,(H,13,14). The van der Waals surface area contributed by atoms with Gasteiger partial charge in [-0.05, 0) is 11.1 Å². The summed E-state index contributed by atoms with van der Waals surface area (Å²) < 4.78 is 0. The van der Waals surface area contributed by atoms with E-state index in [0.717, 1.165) is 12.1 Å². The molecule has 1 fully saturated rings. The first kappa shape index (κ1) is 9.21. The second-order valence-corrected chi connectivity index (χ2v) is 3.65. The van der Waals surface area contributed by atoms with Gasteiger partial charge >= 0.3 is 0 Å². The van der Waals surface area contributed by atoms with Crippen LogP contribution in [-0.2, 0) is 11.3 Å². The molecule has 0 saturated carbocycles. The van der Waals surface area contributed by atoms with E-state index in [-0.39, 0.29) is 5.91 Å². The number of hydrogen-bond acceptors (Lipinski definition) is 2. The van der Waals surface area contributed by atoms with Gasteiger partial charge in [-0.3, -0.25) is 4.79 Å². The van der Waals surface area contributed by atoms with Crippen molar-refractivity contribution in [1.82, 2.24) is 5.32 Å². The van der Waals surface area contributed by atoms with Crippen molar-refractivity contribution in [1.29, 1.82) is 0 Å². The third-order valence-electron chi connectivity index (χ3n) is 2.66. The summed E-state index contributed by atoms with van der Waals surface area (Å²) in [5, 5.41) is 2.83. The lowest BCUT2D eigenvalue weighted by molar-refractivity contribution is -0.119. The van der Waals surface area contributed by atoms with Gasteiger partial charge in [0.15, 0.2) is 0 Å². The Kier molecular flexibility index (Phi) is 2.50. The van der Waals surface area contributed by atoms with Crippen molar-refractivity contribution in [2.75, 3.05) is 6.54 Å². The minimum atomic E-state index is 0.151. The van der Waals surface area contributed by atoms with Crippen molar-refractivity contribution in [3.8, 4) is 0 Å². The van der Waals surface area contributed by atoms with Crippen LogP contribution < -0.4 is 11.1 Å². The second-order valence-electron chi connectivity index (χ2n) is 3.65. The molecule has 0 spiro atoms. The minimum Gasteiger partial charge on any atom is -0.355 e. The molecule has 3 heteroatoms. The summed E-state index contributed by atoms with van der Waals surface area (Å²) in [5.41, 5.74) is 7.86. The summed E-state index contributed by atoms with van der Waals surface area (Å²) in [6.07, 6.45) is 0.613. The molecule has 1 heterocycles. The van der Waals surface area contributed by atoms with Gasteiger partial charge in [-0.2, -0.15) is 0 Å². The van der Waals surface area contributed by atoms with Gasteiger partial charge in [0.1, 0.15) is 0 Å². The molecule has 1 aliphatic heterocycles. The SMILES string of the molecule is NCc1ccc(C2CNC(=O)C2)cc1. The fraction of sp³-hybridized carbons (Fsp3) is 0.364. The molecule has 0 bridgehead atoms. The van der Waals surface area contributed by atoms with Gasteiger partial charge in [0.2, 0.25) is 5.91 Å². The highest BCUT2D eigenvalue weighted by Crippen LogP contribution is 2.22. The third kappa shape index (κ3) is 1.77. The van der Waals surface area contributed by atoms with Crippen LogP contribution in [0.1, 0.15) is 23.5 Å². The van der Waals surface area contributed by atoms with Crippen LogP contribution >= 0.6 is 0 Å². The molecule has 0 aliphatic carbocycles. The Labute approximate surface area is 83.3 Å². The largest absolute Gasteiger partial charge is 0.355 e. The van der Waals surface area contributed by atoms with Crippen molar-refractivity contribution >= 4 is 5.91 Å². The minimum absolute atomic E-state index is 0.151. The maximum absolute atomic E-state index is 11.0. The Bertz CT molecular complexity index is 332. The Balaban J connectivity index is 2.13. The molecule has 1 aromatic rings. The van der Waals surface area contributed by atoms with Gasteiger partial charge < -0.3 is 11.1 Å². The highest BCUT2D eigenvalue weighted by atomic mass is 16.1. The molecule has 0 radical (unpaired) electrons. The lowest BCUT2D eigenvalue weighted by Gasteiger charge is -2.07. The van der Waals surface area contributed by atoms with Crippen LogP contribution in [0.4, 0.5) is 0 Å². The Hall–Kier alpha value is -1.35. The van der Waals surface area contributed by atoms with Crippen LogP contribution in [0.25, 0.3) is 0 Å². The molecule has 1 atom stereocenters. The molecule has 3 nitrogen and oxygen atoms in total. The quantitative estimate of drug-likeness (QED) is 0.723. The first-order valence-corrected chi connectivity index (χ1v) is 4.85. The number of nitrogens with two attached hydrogens (primary N) is 1. The molecule has 1 unspecified atom stereocenters. The number of amides is 1. The van der Waals surface area contributed by atoms with E-state index >= 15 is 0 Å². The van der Waals surface area contributed by atoms with Crippen LogP contribution in [-0.4, -0.2) is 12.5 Å². The number of rotatable bonds is 2. The van der Waals surface area contributed by atoms with E-state index in [4.69, 9.17) is 5.73 Å². The van der Waals surface area contributed by atoms with Crippen LogP contribution in [0.5, 0.6) is 0 Å². The molecule has 2 rings (SSSR count). The summed E-state index contributed by atoms with van der Waals surface area (Å²) in [6, 6.07) is 8.18. The Morgan fingerprint density at radius 3 is 2.57 bits per heavy atom. The van der Waals surface area contributed by atoms with E-state index in [0.29, 0.717) is 18.9 Å². The van der Waals surface area contributed by atoms with Crippen molar-refractivity contribution in [2.45, 2.75) is 18.9 Å². The number of hydrogen-bond donors (Lipinski definition) is 2. The fourth-order valence-electron chi connectivity index (χ4n) is 1.77. The molecular weight excluding hydrogens is 176 g/mol. The molecule has 14 heavy (non-hydrogen) atoms. The molecule has 1 aliphatic rings. The summed E-state index contributed by atoms with van der Waals surface area (Å²) in [7, 11) is 0. The Morgan fingerprint density at radius 2 is 2.07 bits per heavy atom. The summed E-state index contributed by atoms with van der Waals surface area (Å²) in [6.45, 7) is 1.34. The van der Waals surface area contributed by atoms with Crippen molar-refractivity contribution in [2.24, 2.45) is 5.73 Å². The van der Waals surface area contributed by atoms with Gasteiger partial charge in [0.05, 0.1) is 0 Å². The zero-order chi connectivity index (χ0) is 9.97. The number of carbonyl (C=O) groups excluding carboxylic acids is 1. The van der Waals surface area contributed by atoms with E-state index in [9.17, 15) is 4.79 Å². The lowest BCUT2D eigenvalue weighted by Crippen LogP contribution is -2.13. The highest BCUT2D eigenvalue weighted by molar-refractivity contribution is 5.79. The van der Waals surface area contributed by atoms with Crippen LogP contribution in [0.2, 0.25) is 0 Å². The first-order chi connectivity index (χ1) is 6.79. The molecule has 0 aromatic heterocycles. The maximum Gasteiger partial charge on any atom is 0.220 e. The predicted molar refractivity (Wildman–Crippen MR) is 54.7 cm³/mol. The van der Waals surface area contributed by atoms with Crippen LogP contribution in [0.15, 0.2) is 24.3 Å². The first-order valence-electron chi connectivity index (χ1n) is 4.85. The summed E-state index contributed by atoms with van der Waals surface area (Å²) in [4.78, 5) is 11.0. The molecule has 1 aromatic carbocycles. The van der Waals surface area contributed by atoms with Gasteiger partial charge in [0.25, 0.3) is 0 Å². The van der Waals surface area contributed by atoms with E-state index < -0.39 is 0 Å². The van der Waals surface area contributed by atoms with E-state index in [2.05, 4.69) is 17.4 Å². The lowest BCUT2D eigenvalue weighted by atomic mass is 9.97. The topological polar surface area (TPSA) is 55.1 Å². The van der Waals surface area contributed by atoms with Crippen LogP contribution in [0, 0.1) is 0 Å². The summed E-state index contributed by atoms with van der Waals surface area (Å²) >= 11 is 0. The van der Waals surface area contributed by atoms with E-state index in [1.54, 1.807) is 0 Å². The van der Waals surface area contributed by atoms with Crippen molar-refractivity contribution in [3.63, 3.8) is 0 Å². The van der Waals surface area contributed by atoms with Gasteiger partial charge in [-0.15, -0.1) is 0 Å². The normalized spacial score (nSPS) is 20.9. The van der Waals surface area contributed by atoms with Gasteiger partial charge in [-0.25, -0.2) is 0 Å². The summed E-state index contributed by atoms with van der Waals surface area (Å²) in [5.74, 6) is 0.493. The molecule has 1 saturated heterocycles. The highest BCUT2D eigenvalue weighted by Gasteiger charge is 2.22. The van der Waals surface area contributed by atoms with Gasteiger partial charge in [0, 0.05) is 25.4 Å². The zero-order valence-electron chi connectivity index (χ0n) is 7.99. The fourth-order valence-corrected chi connectivity index (χ4v) is 1.77. The van der Waals surface area contributed by atoms with E-state index in [1.807, 2.05) is 12.1 Å². The smallest absolute Gasteiger partial charge is 0.220 e. The molecular formula is C11H14N2O.